The van der Waals surface area contributed by atoms with Crippen LogP contribution in [0.3, 0.4) is 0 Å². The van der Waals surface area contributed by atoms with Crippen LogP contribution in [0.25, 0.3) is 0 Å². The summed E-state index contributed by atoms with van der Waals surface area (Å²) in [7, 11) is 0. The molecule has 45 heavy (non-hydrogen) atoms. The van der Waals surface area contributed by atoms with E-state index in [1.807, 2.05) is 0 Å². The Labute approximate surface area is 256 Å². The molecule has 1 saturated heterocycles. The normalized spacial score (nSPS) is 29.2. The second kappa shape index (κ2) is 24.3. The molecule has 0 aromatic rings. The Kier molecular flexibility index (Phi) is 25.0. The van der Waals surface area contributed by atoms with Gasteiger partial charge in [-0.15, -0.1) is 0 Å². The highest BCUT2D eigenvalue weighted by Crippen LogP contribution is 2.25. The van der Waals surface area contributed by atoms with Crippen LogP contribution in [0.2, 0.25) is 0 Å². The molecular formula is C23H50O22. The van der Waals surface area contributed by atoms with Crippen molar-refractivity contribution in [3.63, 3.8) is 0 Å². The maximum Gasteiger partial charge on any atom is 0.187 e. The standard InChI is InChI=1S/C12H24O11.C6H14O6.C5H12O5/c13-1-4(16)7(18)11(5(17)2-14)23-12-10(21)9(20)8(19)6(3-15)22-12;7-1-3(9)5(11)6(12)4(10)2-8;6-1-3(8)5(10)4(9)2-7/h4-21H,1-3H2;3-12H,1-2H2;3-10H,1-2H2/t4-,5+,6+,7+,8-,9-,10+,11+,12-;3-,4-,5-,6-;3-,4+,5?/m01./s1. The summed E-state index contributed by atoms with van der Waals surface area (Å²) in [6, 6.07) is 0. The monoisotopic (exact) mass is 678 g/mol. The molecule has 16 atom stereocenters. The van der Waals surface area contributed by atoms with Crippen LogP contribution in [-0.4, -0.2) is 246 Å². The molecule has 0 radical (unpaired) electrons. The van der Waals surface area contributed by atoms with E-state index in [0.717, 1.165) is 0 Å². The SMILES string of the molecule is OC[C@@H](O)C(O)[C@@H](O)CO.OC[C@@H](O)[C@@H](O)[C@H](O)[C@H](O)CO.OC[C@@H](O)[C@@H](O[C@@H]1O[C@H](CO)[C@H](O)[C@H](O)[C@H]1O)[C@H](O)[C@@H](O)CO. The first kappa shape index (κ1) is 46.2. The summed E-state index contributed by atoms with van der Waals surface area (Å²) in [4.78, 5) is 0. The third kappa shape index (κ3) is 15.3. The maximum atomic E-state index is 9.83. The first-order valence-electron chi connectivity index (χ1n) is 13.4. The van der Waals surface area contributed by atoms with E-state index >= 15 is 0 Å². The van der Waals surface area contributed by atoms with E-state index in [-0.39, 0.29) is 0 Å². The highest BCUT2D eigenvalue weighted by Gasteiger charge is 2.46. The molecule has 0 aromatic carbocycles. The van der Waals surface area contributed by atoms with E-state index in [1.54, 1.807) is 0 Å². The van der Waals surface area contributed by atoms with Gasteiger partial charge in [-0.25, -0.2) is 0 Å². The van der Waals surface area contributed by atoms with Crippen molar-refractivity contribution in [2.75, 3.05) is 46.2 Å². The average Bonchev–Trinajstić information content (AvgIpc) is 3.07. The van der Waals surface area contributed by atoms with Crippen molar-refractivity contribution in [1.82, 2.24) is 0 Å². The Morgan fingerprint density at radius 2 is 0.756 bits per heavy atom. The maximum absolute atomic E-state index is 9.83. The molecule has 0 aromatic heterocycles. The molecule has 1 aliphatic rings. The van der Waals surface area contributed by atoms with Gasteiger partial charge < -0.3 is 112 Å². The van der Waals surface area contributed by atoms with Crippen molar-refractivity contribution < 1.29 is 112 Å². The van der Waals surface area contributed by atoms with Crippen LogP contribution >= 0.6 is 0 Å². The summed E-state index contributed by atoms with van der Waals surface area (Å²) in [5, 5.41) is 180. The van der Waals surface area contributed by atoms with Gasteiger partial charge in [0, 0.05) is 0 Å². The first-order chi connectivity index (χ1) is 20.9. The van der Waals surface area contributed by atoms with Crippen molar-refractivity contribution in [3.8, 4) is 0 Å². The summed E-state index contributed by atoms with van der Waals surface area (Å²) < 4.78 is 10.1. The summed E-state index contributed by atoms with van der Waals surface area (Å²) >= 11 is 0. The van der Waals surface area contributed by atoms with Gasteiger partial charge in [0.05, 0.1) is 46.2 Å². The number of hydrogen-bond acceptors (Lipinski definition) is 22. The number of aliphatic hydroxyl groups is 20. The van der Waals surface area contributed by atoms with Gasteiger partial charge >= 0.3 is 0 Å². The molecule has 1 rings (SSSR count). The van der Waals surface area contributed by atoms with Crippen LogP contribution < -0.4 is 0 Å². The van der Waals surface area contributed by atoms with Gasteiger partial charge in [0.2, 0.25) is 0 Å². The van der Waals surface area contributed by atoms with Gasteiger partial charge in [-0.3, -0.25) is 0 Å². The van der Waals surface area contributed by atoms with Crippen molar-refractivity contribution in [2.24, 2.45) is 0 Å². The second-order valence-corrected chi connectivity index (χ2v) is 9.76. The lowest BCUT2D eigenvalue weighted by Gasteiger charge is -2.42. The summed E-state index contributed by atoms with van der Waals surface area (Å²) in [5.74, 6) is 0. The Morgan fingerprint density at radius 1 is 0.422 bits per heavy atom. The zero-order valence-electron chi connectivity index (χ0n) is 23.9. The molecule has 0 spiro atoms. The highest BCUT2D eigenvalue weighted by atomic mass is 16.7. The van der Waals surface area contributed by atoms with Crippen LogP contribution in [0.5, 0.6) is 0 Å². The Balaban J connectivity index is 0. The number of aliphatic hydroxyl groups excluding tert-OH is 20. The quantitative estimate of drug-likeness (QED) is 0.0678. The predicted molar refractivity (Wildman–Crippen MR) is 141 cm³/mol. The topological polar surface area (TPSA) is 423 Å². The van der Waals surface area contributed by atoms with Crippen molar-refractivity contribution >= 4 is 0 Å². The lowest BCUT2D eigenvalue weighted by molar-refractivity contribution is -0.327. The van der Waals surface area contributed by atoms with Gasteiger partial charge in [-0.2, -0.15) is 0 Å². The molecule has 22 nitrogen and oxygen atoms in total. The first-order valence-corrected chi connectivity index (χ1v) is 13.4. The lowest BCUT2D eigenvalue weighted by Crippen LogP contribution is -2.61. The van der Waals surface area contributed by atoms with E-state index in [0.29, 0.717) is 0 Å². The van der Waals surface area contributed by atoms with E-state index in [1.165, 1.54) is 0 Å². The third-order valence-corrected chi connectivity index (χ3v) is 6.30. The van der Waals surface area contributed by atoms with Gasteiger partial charge in [0.15, 0.2) is 6.29 Å². The molecule has 22 heteroatoms. The predicted octanol–water partition coefficient (Wildman–Crippen LogP) is -12.3. The molecular weight excluding hydrogens is 628 g/mol. The fraction of sp³-hybridized carbons (Fsp3) is 1.00. The zero-order chi connectivity index (χ0) is 35.6. The minimum atomic E-state index is -1.85. The minimum Gasteiger partial charge on any atom is -0.394 e. The fourth-order valence-corrected chi connectivity index (χ4v) is 3.31. The Bertz CT molecular complexity index is 684. The van der Waals surface area contributed by atoms with E-state index in [2.05, 4.69) is 0 Å². The third-order valence-electron chi connectivity index (χ3n) is 6.30. The van der Waals surface area contributed by atoms with Crippen LogP contribution in [0, 0.1) is 0 Å². The van der Waals surface area contributed by atoms with Crippen LogP contribution in [0.1, 0.15) is 0 Å². The number of hydrogen-bond donors (Lipinski definition) is 20. The molecule has 0 bridgehead atoms. The molecule has 1 fully saturated rings. The fourth-order valence-electron chi connectivity index (χ4n) is 3.31. The lowest BCUT2D eigenvalue weighted by atomic mass is 9.98. The number of ether oxygens (including phenoxy) is 2. The summed E-state index contributed by atoms with van der Waals surface area (Å²) in [5.41, 5.74) is 0. The van der Waals surface area contributed by atoms with Crippen LogP contribution in [-0.2, 0) is 9.47 Å². The van der Waals surface area contributed by atoms with E-state index in [9.17, 15) is 30.6 Å². The largest absolute Gasteiger partial charge is 0.394 e. The molecule has 0 saturated carbocycles. The van der Waals surface area contributed by atoms with Crippen molar-refractivity contribution in [1.29, 1.82) is 0 Å². The van der Waals surface area contributed by atoms with Gasteiger partial charge in [-0.1, -0.05) is 0 Å². The van der Waals surface area contributed by atoms with Crippen molar-refractivity contribution in [2.45, 2.75) is 97.8 Å². The van der Waals surface area contributed by atoms with E-state index in [4.69, 9.17) is 81.0 Å². The molecule has 0 aliphatic carbocycles. The van der Waals surface area contributed by atoms with Crippen LogP contribution in [0.4, 0.5) is 0 Å². The highest BCUT2D eigenvalue weighted by molar-refractivity contribution is 4.91. The van der Waals surface area contributed by atoms with E-state index < -0.39 is 144 Å². The van der Waals surface area contributed by atoms with Crippen LogP contribution in [0.15, 0.2) is 0 Å². The van der Waals surface area contributed by atoms with Crippen molar-refractivity contribution in [3.05, 3.63) is 0 Å². The average molecular weight is 679 g/mol. The van der Waals surface area contributed by atoms with Gasteiger partial charge in [0.25, 0.3) is 0 Å². The smallest absolute Gasteiger partial charge is 0.187 e. The second-order valence-electron chi connectivity index (χ2n) is 9.76. The molecule has 274 valence electrons. The molecule has 1 aliphatic heterocycles. The molecule has 20 N–H and O–H groups in total. The Morgan fingerprint density at radius 3 is 1.09 bits per heavy atom. The zero-order valence-corrected chi connectivity index (χ0v) is 23.9. The molecule has 1 unspecified atom stereocenters. The molecule has 0 amide bonds. The van der Waals surface area contributed by atoms with Gasteiger partial charge in [-0.05, 0) is 0 Å². The summed E-state index contributed by atoms with van der Waals surface area (Å²) in [6.45, 7) is -5.19. The summed E-state index contributed by atoms with van der Waals surface area (Å²) in [6.07, 6.45) is -25.8. The van der Waals surface area contributed by atoms with Gasteiger partial charge in [0.1, 0.15) is 91.6 Å². The number of rotatable bonds is 17. The minimum absolute atomic E-state index is 0.641. The molecule has 1 heterocycles. The Hall–Kier alpha value is -0.880.